The van der Waals surface area contributed by atoms with Crippen molar-refractivity contribution in [3.8, 4) is 0 Å². The quantitative estimate of drug-likeness (QED) is 0.675. The van der Waals surface area contributed by atoms with Crippen LogP contribution in [0.25, 0.3) is 0 Å². The summed E-state index contributed by atoms with van der Waals surface area (Å²) in [6.45, 7) is 3.05. The molecule has 2 N–H and O–H groups in total. The van der Waals surface area contributed by atoms with E-state index in [1.165, 1.54) is 38.5 Å². The van der Waals surface area contributed by atoms with E-state index in [2.05, 4.69) is 6.92 Å². The summed E-state index contributed by atoms with van der Waals surface area (Å²) in [5.41, 5.74) is 5.87. The van der Waals surface area contributed by atoms with Gasteiger partial charge in [-0.2, -0.15) is 0 Å². The van der Waals surface area contributed by atoms with E-state index >= 15 is 0 Å². The fourth-order valence-electron chi connectivity index (χ4n) is 3.01. The molecule has 2 aliphatic rings. The maximum absolute atomic E-state index is 6.08. The molecule has 2 rings (SSSR count). The van der Waals surface area contributed by atoms with Gasteiger partial charge in [0.05, 0.1) is 11.7 Å². The Balaban J connectivity index is 1.97. The van der Waals surface area contributed by atoms with E-state index in [0.29, 0.717) is 12.6 Å². The fourth-order valence-corrected chi connectivity index (χ4v) is 3.01. The molecule has 2 fully saturated rings. The Kier molecular flexibility index (Phi) is 2.61. The van der Waals surface area contributed by atoms with E-state index in [0.717, 1.165) is 5.92 Å². The molecule has 0 aromatic rings. The smallest absolute Gasteiger partial charge is 0.0705 e. The van der Waals surface area contributed by atoms with Crippen LogP contribution in [0.1, 0.15) is 45.4 Å². The number of ether oxygens (including phenoxy) is 1. The first-order valence-electron chi connectivity index (χ1n) is 5.62. The molecule has 0 aromatic carbocycles. The number of rotatable bonds is 1. The van der Waals surface area contributed by atoms with Crippen LogP contribution in [0.15, 0.2) is 0 Å². The van der Waals surface area contributed by atoms with Crippen LogP contribution in [0.2, 0.25) is 0 Å². The Morgan fingerprint density at radius 3 is 2.85 bits per heavy atom. The molecular weight excluding hydrogens is 162 g/mol. The Labute approximate surface area is 80.8 Å². The number of nitrogens with two attached hydrogens (primary N) is 1. The minimum Gasteiger partial charge on any atom is -0.370 e. The van der Waals surface area contributed by atoms with Crippen LogP contribution in [0.4, 0.5) is 0 Å². The van der Waals surface area contributed by atoms with Crippen LogP contribution in [0, 0.1) is 5.92 Å². The molecule has 0 aromatic heterocycles. The fraction of sp³-hybridized carbons (Fsp3) is 1.00. The Morgan fingerprint density at radius 2 is 2.23 bits per heavy atom. The van der Waals surface area contributed by atoms with Gasteiger partial charge in [-0.25, -0.2) is 0 Å². The SMILES string of the molecule is C[C@@H]1CCC[C@]2(CC[C@@H](CN)O2)C1. The van der Waals surface area contributed by atoms with E-state index in [1.54, 1.807) is 0 Å². The highest BCUT2D eigenvalue weighted by atomic mass is 16.5. The third-order valence-corrected chi connectivity index (χ3v) is 3.65. The van der Waals surface area contributed by atoms with Crippen LogP contribution in [-0.4, -0.2) is 18.2 Å². The van der Waals surface area contributed by atoms with Gasteiger partial charge >= 0.3 is 0 Å². The monoisotopic (exact) mass is 183 g/mol. The van der Waals surface area contributed by atoms with E-state index in [-0.39, 0.29) is 5.60 Å². The highest BCUT2D eigenvalue weighted by Crippen LogP contribution is 2.43. The van der Waals surface area contributed by atoms with Crippen LogP contribution in [-0.2, 0) is 4.74 Å². The standard InChI is InChI=1S/C11H21NO/c1-9-3-2-5-11(7-9)6-4-10(8-12)13-11/h9-10H,2-8,12H2,1H3/t9-,10+,11+/m1/s1. The zero-order valence-electron chi connectivity index (χ0n) is 8.59. The van der Waals surface area contributed by atoms with E-state index in [1.807, 2.05) is 0 Å². The van der Waals surface area contributed by atoms with E-state index in [9.17, 15) is 0 Å². The summed E-state index contributed by atoms with van der Waals surface area (Å²) in [7, 11) is 0. The van der Waals surface area contributed by atoms with Crippen LogP contribution < -0.4 is 5.73 Å². The second-order valence-corrected chi connectivity index (χ2v) is 4.90. The van der Waals surface area contributed by atoms with Crippen LogP contribution in [0.5, 0.6) is 0 Å². The van der Waals surface area contributed by atoms with Gasteiger partial charge in [-0.3, -0.25) is 0 Å². The van der Waals surface area contributed by atoms with Crippen molar-refractivity contribution >= 4 is 0 Å². The summed E-state index contributed by atoms with van der Waals surface area (Å²) >= 11 is 0. The average molecular weight is 183 g/mol. The molecule has 0 bridgehead atoms. The van der Waals surface area contributed by atoms with Gasteiger partial charge in [0.25, 0.3) is 0 Å². The normalized spacial score (nSPS) is 45.7. The molecule has 1 saturated carbocycles. The maximum atomic E-state index is 6.08. The molecule has 1 aliphatic carbocycles. The second kappa shape index (κ2) is 3.58. The Hall–Kier alpha value is -0.0800. The first-order chi connectivity index (χ1) is 6.24. The van der Waals surface area contributed by atoms with Gasteiger partial charge in [-0.05, 0) is 31.6 Å². The molecule has 76 valence electrons. The van der Waals surface area contributed by atoms with Gasteiger partial charge < -0.3 is 10.5 Å². The first-order valence-corrected chi connectivity index (χ1v) is 5.62. The molecule has 1 aliphatic heterocycles. The molecule has 1 spiro atoms. The lowest BCUT2D eigenvalue weighted by atomic mass is 9.77. The zero-order chi connectivity index (χ0) is 9.31. The molecule has 3 atom stereocenters. The first kappa shape index (κ1) is 9.47. The summed E-state index contributed by atoms with van der Waals surface area (Å²) < 4.78 is 6.08. The van der Waals surface area contributed by atoms with Crippen molar-refractivity contribution < 1.29 is 4.74 Å². The van der Waals surface area contributed by atoms with Gasteiger partial charge in [0.2, 0.25) is 0 Å². The third-order valence-electron chi connectivity index (χ3n) is 3.65. The molecule has 13 heavy (non-hydrogen) atoms. The predicted octanol–water partition coefficient (Wildman–Crippen LogP) is 2.07. The Morgan fingerprint density at radius 1 is 1.38 bits per heavy atom. The third kappa shape index (κ3) is 1.89. The van der Waals surface area contributed by atoms with Gasteiger partial charge in [-0.1, -0.05) is 19.8 Å². The Bertz CT molecular complexity index is 183. The van der Waals surface area contributed by atoms with Crippen molar-refractivity contribution in [1.29, 1.82) is 0 Å². The van der Waals surface area contributed by atoms with Gasteiger partial charge in [-0.15, -0.1) is 0 Å². The van der Waals surface area contributed by atoms with Crippen LogP contribution in [0.3, 0.4) is 0 Å². The summed E-state index contributed by atoms with van der Waals surface area (Å²) in [6.07, 6.45) is 8.06. The summed E-state index contributed by atoms with van der Waals surface area (Å²) in [6, 6.07) is 0. The molecular formula is C11H21NO. The molecule has 1 heterocycles. The maximum Gasteiger partial charge on any atom is 0.0705 e. The van der Waals surface area contributed by atoms with Crippen molar-refractivity contribution in [3.05, 3.63) is 0 Å². The number of hydrogen-bond acceptors (Lipinski definition) is 2. The summed E-state index contributed by atoms with van der Waals surface area (Å²) in [4.78, 5) is 0. The summed E-state index contributed by atoms with van der Waals surface area (Å²) in [5.74, 6) is 0.852. The number of hydrogen-bond donors (Lipinski definition) is 1. The topological polar surface area (TPSA) is 35.2 Å². The molecule has 0 radical (unpaired) electrons. The molecule has 1 saturated heterocycles. The van der Waals surface area contributed by atoms with E-state index < -0.39 is 0 Å². The van der Waals surface area contributed by atoms with Gasteiger partial charge in [0, 0.05) is 6.54 Å². The largest absolute Gasteiger partial charge is 0.370 e. The van der Waals surface area contributed by atoms with Crippen molar-refractivity contribution in [2.75, 3.05) is 6.54 Å². The van der Waals surface area contributed by atoms with Crippen molar-refractivity contribution in [1.82, 2.24) is 0 Å². The zero-order valence-corrected chi connectivity index (χ0v) is 8.59. The van der Waals surface area contributed by atoms with Crippen molar-refractivity contribution in [3.63, 3.8) is 0 Å². The van der Waals surface area contributed by atoms with Gasteiger partial charge in [0.15, 0.2) is 0 Å². The lowest BCUT2D eigenvalue weighted by Crippen LogP contribution is -2.36. The summed E-state index contributed by atoms with van der Waals surface area (Å²) in [5, 5.41) is 0. The van der Waals surface area contributed by atoms with E-state index in [4.69, 9.17) is 10.5 Å². The average Bonchev–Trinajstić information content (AvgIpc) is 2.48. The molecule has 2 heteroatoms. The van der Waals surface area contributed by atoms with Crippen molar-refractivity contribution in [2.45, 2.75) is 57.2 Å². The predicted molar refractivity (Wildman–Crippen MR) is 53.5 cm³/mol. The lowest BCUT2D eigenvalue weighted by molar-refractivity contribution is -0.0707. The minimum absolute atomic E-state index is 0.238. The lowest BCUT2D eigenvalue weighted by Gasteiger charge is -2.36. The van der Waals surface area contributed by atoms with Gasteiger partial charge in [0.1, 0.15) is 0 Å². The molecule has 0 amide bonds. The highest BCUT2D eigenvalue weighted by Gasteiger charge is 2.41. The highest BCUT2D eigenvalue weighted by molar-refractivity contribution is 4.93. The minimum atomic E-state index is 0.238. The van der Waals surface area contributed by atoms with Crippen molar-refractivity contribution in [2.24, 2.45) is 11.7 Å². The molecule has 0 unspecified atom stereocenters. The second-order valence-electron chi connectivity index (χ2n) is 4.90. The van der Waals surface area contributed by atoms with Crippen LogP contribution >= 0.6 is 0 Å². The molecule has 2 nitrogen and oxygen atoms in total.